The molecule has 0 atom stereocenters. The molecule has 27 heavy (non-hydrogen) atoms. The first-order valence-corrected chi connectivity index (χ1v) is 9.01. The zero-order valence-electron chi connectivity index (χ0n) is 15.6. The SMILES string of the molecule is CCNC(=O)CN1CCN(C(=O)c2c[nH]c3ccc(OC)cc3c2=O)CC1. The van der Waals surface area contributed by atoms with Gasteiger partial charge in [-0.25, -0.2) is 0 Å². The molecule has 0 saturated carbocycles. The maximum absolute atomic E-state index is 12.8. The molecule has 1 aliphatic rings. The number of aromatic amines is 1. The van der Waals surface area contributed by atoms with Crippen LogP contribution in [0.4, 0.5) is 0 Å². The van der Waals surface area contributed by atoms with Gasteiger partial charge in [0.05, 0.1) is 13.7 Å². The third-order valence-electron chi connectivity index (χ3n) is 4.72. The second-order valence-electron chi connectivity index (χ2n) is 6.46. The molecule has 2 amide bonds. The Labute approximate surface area is 157 Å². The van der Waals surface area contributed by atoms with Gasteiger partial charge in [0.25, 0.3) is 5.91 Å². The molecule has 2 heterocycles. The molecule has 0 spiro atoms. The van der Waals surface area contributed by atoms with Crippen molar-refractivity contribution in [3.8, 4) is 5.75 Å². The van der Waals surface area contributed by atoms with E-state index < -0.39 is 0 Å². The molecule has 2 N–H and O–H groups in total. The highest BCUT2D eigenvalue weighted by Gasteiger charge is 2.25. The van der Waals surface area contributed by atoms with Crippen molar-refractivity contribution < 1.29 is 14.3 Å². The van der Waals surface area contributed by atoms with Crippen molar-refractivity contribution in [2.75, 3.05) is 46.4 Å². The van der Waals surface area contributed by atoms with E-state index in [1.54, 1.807) is 23.1 Å². The van der Waals surface area contributed by atoms with Gasteiger partial charge in [-0.2, -0.15) is 0 Å². The van der Waals surface area contributed by atoms with Gasteiger partial charge in [-0.1, -0.05) is 0 Å². The molecule has 1 aromatic carbocycles. The number of benzene rings is 1. The van der Waals surface area contributed by atoms with Crippen LogP contribution in [0.5, 0.6) is 5.75 Å². The van der Waals surface area contributed by atoms with Crippen molar-refractivity contribution in [3.05, 3.63) is 40.2 Å². The third kappa shape index (κ3) is 4.11. The summed E-state index contributed by atoms with van der Waals surface area (Å²) < 4.78 is 5.17. The van der Waals surface area contributed by atoms with Crippen molar-refractivity contribution in [1.29, 1.82) is 0 Å². The lowest BCUT2D eigenvalue weighted by Gasteiger charge is -2.34. The lowest BCUT2D eigenvalue weighted by molar-refractivity contribution is -0.122. The Morgan fingerprint density at radius 3 is 2.63 bits per heavy atom. The fraction of sp³-hybridized carbons (Fsp3) is 0.421. The van der Waals surface area contributed by atoms with Crippen LogP contribution in [0.25, 0.3) is 10.9 Å². The van der Waals surface area contributed by atoms with E-state index >= 15 is 0 Å². The zero-order chi connectivity index (χ0) is 19.4. The summed E-state index contributed by atoms with van der Waals surface area (Å²) in [5, 5.41) is 3.20. The van der Waals surface area contributed by atoms with Gasteiger partial charge in [0.1, 0.15) is 11.3 Å². The molecule has 1 saturated heterocycles. The van der Waals surface area contributed by atoms with E-state index in [0.717, 1.165) is 0 Å². The molecule has 8 nitrogen and oxygen atoms in total. The van der Waals surface area contributed by atoms with Gasteiger partial charge >= 0.3 is 0 Å². The van der Waals surface area contributed by atoms with Crippen LogP contribution >= 0.6 is 0 Å². The smallest absolute Gasteiger partial charge is 0.259 e. The number of ether oxygens (including phenoxy) is 1. The largest absolute Gasteiger partial charge is 0.497 e. The minimum atomic E-state index is -0.308. The van der Waals surface area contributed by atoms with Gasteiger partial charge in [0, 0.05) is 49.8 Å². The highest BCUT2D eigenvalue weighted by atomic mass is 16.5. The normalized spacial score (nSPS) is 15.0. The summed E-state index contributed by atoms with van der Waals surface area (Å²) in [4.78, 5) is 44.0. The summed E-state index contributed by atoms with van der Waals surface area (Å²) in [6.45, 7) is 4.97. The van der Waals surface area contributed by atoms with Gasteiger partial charge < -0.3 is 19.9 Å². The molecule has 0 unspecified atom stereocenters. The molecule has 1 aliphatic heterocycles. The number of carbonyl (C=O) groups is 2. The van der Waals surface area contributed by atoms with Gasteiger partial charge in [-0.15, -0.1) is 0 Å². The maximum Gasteiger partial charge on any atom is 0.259 e. The number of rotatable bonds is 5. The first kappa shape index (κ1) is 18.9. The van der Waals surface area contributed by atoms with E-state index in [2.05, 4.69) is 10.3 Å². The predicted molar refractivity (Wildman–Crippen MR) is 102 cm³/mol. The van der Waals surface area contributed by atoms with Crippen LogP contribution in [-0.2, 0) is 4.79 Å². The first-order valence-electron chi connectivity index (χ1n) is 9.01. The van der Waals surface area contributed by atoms with E-state index in [4.69, 9.17) is 4.74 Å². The average Bonchev–Trinajstić information content (AvgIpc) is 2.68. The second-order valence-corrected chi connectivity index (χ2v) is 6.46. The Balaban J connectivity index is 1.72. The number of aromatic nitrogens is 1. The number of fused-ring (bicyclic) bond motifs is 1. The number of amides is 2. The molecule has 144 valence electrons. The third-order valence-corrected chi connectivity index (χ3v) is 4.72. The summed E-state index contributed by atoms with van der Waals surface area (Å²) in [6.07, 6.45) is 1.47. The molecule has 0 bridgehead atoms. The van der Waals surface area contributed by atoms with E-state index in [9.17, 15) is 14.4 Å². The van der Waals surface area contributed by atoms with Crippen molar-refractivity contribution in [1.82, 2.24) is 20.1 Å². The highest BCUT2D eigenvalue weighted by molar-refractivity contribution is 5.97. The van der Waals surface area contributed by atoms with Gasteiger partial charge in [-0.05, 0) is 25.1 Å². The van der Waals surface area contributed by atoms with Gasteiger partial charge in [0.15, 0.2) is 0 Å². The van der Waals surface area contributed by atoms with E-state index in [0.29, 0.717) is 55.9 Å². The predicted octanol–water partition coefficient (Wildman–Crippen LogP) is 0.431. The fourth-order valence-electron chi connectivity index (χ4n) is 3.22. The number of H-pyrrole nitrogens is 1. The molecule has 1 aromatic heterocycles. The maximum atomic E-state index is 12.8. The second kappa shape index (κ2) is 8.22. The van der Waals surface area contributed by atoms with Gasteiger partial charge in [0.2, 0.25) is 11.3 Å². The Bertz CT molecular complexity index is 900. The van der Waals surface area contributed by atoms with Crippen LogP contribution in [-0.4, -0.2) is 73.0 Å². The van der Waals surface area contributed by atoms with Crippen LogP contribution in [0, 0.1) is 0 Å². The fourth-order valence-corrected chi connectivity index (χ4v) is 3.22. The molecular weight excluding hydrogens is 348 g/mol. The molecule has 2 aromatic rings. The average molecular weight is 372 g/mol. The molecule has 0 radical (unpaired) electrons. The number of nitrogens with one attached hydrogen (secondary N) is 2. The van der Waals surface area contributed by atoms with Crippen LogP contribution in [0.15, 0.2) is 29.2 Å². The molecular formula is C19H24N4O4. The first-order chi connectivity index (χ1) is 13.0. The summed E-state index contributed by atoms with van der Waals surface area (Å²) in [7, 11) is 1.53. The Morgan fingerprint density at radius 1 is 1.22 bits per heavy atom. The number of nitrogens with zero attached hydrogens (tertiary/aromatic N) is 2. The number of methoxy groups -OCH3 is 1. The summed E-state index contributed by atoms with van der Waals surface area (Å²) >= 11 is 0. The molecule has 8 heteroatoms. The Morgan fingerprint density at radius 2 is 1.96 bits per heavy atom. The topological polar surface area (TPSA) is 94.7 Å². The number of pyridine rings is 1. The number of hydrogen-bond acceptors (Lipinski definition) is 5. The number of piperazine rings is 1. The minimum Gasteiger partial charge on any atom is -0.497 e. The van der Waals surface area contributed by atoms with Crippen LogP contribution in [0.3, 0.4) is 0 Å². The standard InChI is InChI=1S/C19H24N4O4/c1-3-20-17(24)12-22-6-8-23(9-7-22)19(26)15-11-21-16-5-4-13(27-2)10-14(16)18(15)25/h4-5,10-11H,3,6-9,12H2,1-2H3,(H,20,24)(H,21,25). The van der Waals surface area contributed by atoms with Crippen molar-refractivity contribution in [3.63, 3.8) is 0 Å². The number of hydrogen-bond donors (Lipinski definition) is 2. The summed E-state index contributed by atoms with van der Waals surface area (Å²) in [6, 6.07) is 5.15. The number of likely N-dealkylation sites (N-methyl/N-ethyl adjacent to an activating group) is 1. The van der Waals surface area contributed by atoms with Crippen molar-refractivity contribution >= 4 is 22.7 Å². The molecule has 1 fully saturated rings. The van der Waals surface area contributed by atoms with E-state index in [1.165, 1.54) is 13.3 Å². The monoisotopic (exact) mass is 372 g/mol. The summed E-state index contributed by atoms with van der Waals surface area (Å²) in [5.41, 5.74) is 0.467. The van der Waals surface area contributed by atoms with E-state index in [1.807, 2.05) is 11.8 Å². The van der Waals surface area contributed by atoms with Crippen LogP contribution < -0.4 is 15.5 Å². The van der Waals surface area contributed by atoms with Gasteiger partial charge in [-0.3, -0.25) is 19.3 Å². The summed E-state index contributed by atoms with van der Waals surface area (Å²) in [5.74, 6) is 0.257. The Hall–Kier alpha value is -2.87. The lowest BCUT2D eigenvalue weighted by atomic mass is 10.1. The van der Waals surface area contributed by atoms with Crippen molar-refractivity contribution in [2.45, 2.75) is 6.92 Å². The number of carbonyl (C=O) groups excluding carboxylic acids is 2. The lowest BCUT2D eigenvalue weighted by Crippen LogP contribution is -2.51. The molecule has 3 rings (SSSR count). The Kier molecular flexibility index (Phi) is 5.75. The van der Waals surface area contributed by atoms with Crippen LogP contribution in [0.1, 0.15) is 17.3 Å². The molecule has 0 aliphatic carbocycles. The van der Waals surface area contributed by atoms with E-state index in [-0.39, 0.29) is 22.8 Å². The highest BCUT2D eigenvalue weighted by Crippen LogP contribution is 2.17. The quantitative estimate of drug-likeness (QED) is 0.794. The minimum absolute atomic E-state index is 0.0165. The van der Waals surface area contributed by atoms with Crippen LogP contribution in [0.2, 0.25) is 0 Å². The zero-order valence-corrected chi connectivity index (χ0v) is 15.6. The van der Waals surface area contributed by atoms with Crippen molar-refractivity contribution in [2.24, 2.45) is 0 Å².